The van der Waals surface area contributed by atoms with Crippen molar-refractivity contribution >= 4 is 12.0 Å². The number of likely N-dealkylation sites (tertiary alicyclic amines) is 1. The predicted octanol–water partition coefficient (Wildman–Crippen LogP) is 3.30. The van der Waals surface area contributed by atoms with Gasteiger partial charge in [-0.25, -0.2) is 4.79 Å². The highest BCUT2D eigenvalue weighted by atomic mass is 16.6. The second-order valence-electron chi connectivity index (χ2n) is 11.1. The molecular formula is C27H37N3O4. The van der Waals surface area contributed by atoms with Crippen LogP contribution in [-0.4, -0.2) is 83.8 Å². The summed E-state index contributed by atoms with van der Waals surface area (Å²) in [4.78, 5) is 32.0. The molecule has 7 heteroatoms. The summed E-state index contributed by atoms with van der Waals surface area (Å²) in [7, 11) is 0. The minimum Gasteiger partial charge on any atom is -0.444 e. The molecule has 2 amide bonds. The van der Waals surface area contributed by atoms with Crippen molar-refractivity contribution in [3.63, 3.8) is 0 Å². The van der Waals surface area contributed by atoms with Crippen molar-refractivity contribution in [2.45, 2.75) is 88.1 Å². The van der Waals surface area contributed by atoms with Gasteiger partial charge in [-0.2, -0.15) is 0 Å². The third-order valence-electron chi connectivity index (χ3n) is 9.23. The minimum atomic E-state index is -0.123. The normalized spacial score (nSPS) is 32.6. The summed E-state index contributed by atoms with van der Waals surface area (Å²) in [5.74, 6) is 0.177. The van der Waals surface area contributed by atoms with Crippen molar-refractivity contribution in [1.29, 1.82) is 0 Å². The molecule has 1 aromatic carbocycles. The average molecular weight is 468 g/mol. The molecule has 5 heterocycles. The summed E-state index contributed by atoms with van der Waals surface area (Å²) in [6.45, 7) is 6.64. The van der Waals surface area contributed by atoms with Crippen LogP contribution in [0.1, 0.15) is 63.0 Å². The molecule has 184 valence electrons. The molecule has 2 unspecified atom stereocenters. The van der Waals surface area contributed by atoms with Crippen molar-refractivity contribution in [3.8, 4) is 0 Å². The number of piperidine rings is 2. The van der Waals surface area contributed by atoms with Crippen LogP contribution >= 0.6 is 0 Å². The van der Waals surface area contributed by atoms with Crippen molar-refractivity contribution in [1.82, 2.24) is 14.7 Å². The second kappa shape index (κ2) is 8.83. The predicted molar refractivity (Wildman–Crippen MR) is 127 cm³/mol. The Labute approximate surface area is 202 Å². The van der Waals surface area contributed by atoms with Crippen LogP contribution in [0.5, 0.6) is 0 Å². The Morgan fingerprint density at radius 2 is 1.76 bits per heavy atom. The molecule has 4 saturated heterocycles. The number of nitrogens with zero attached hydrogens (tertiary/aromatic N) is 3. The first-order chi connectivity index (χ1) is 16.5. The first kappa shape index (κ1) is 22.4. The number of carbonyl (C=O) groups excluding carboxylic acids is 2. The number of fused-ring (bicyclic) bond motifs is 4. The molecular weight excluding hydrogens is 430 g/mol. The van der Waals surface area contributed by atoms with Gasteiger partial charge in [0.15, 0.2) is 0 Å². The Balaban J connectivity index is 1.11. The van der Waals surface area contributed by atoms with Gasteiger partial charge in [0.25, 0.3) is 0 Å². The third-order valence-corrected chi connectivity index (χ3v) is 9.23. The molecule has 0 aliphatic carbocycles. The van der Waals surface area contributed by atoms with Crippen LogP contribution in [0.4, 0.5) is 4.79 Å². The highest BCUT2D eigenvalue weighted by Crippen LogP contribution is 2.44. The van der Waals surface area contributed by atoms with Gasteiger partial charge in [-0.3, -0.25) is 4.79 Å². The van der Waals surface area contributed by atoms with Gasteiger partial charge in [0.2, 0.25) is 5.91 Å². The minimum absolute atomic E-state index is 0.0733. The van der Waals surface area contributed by atoms with Gasteiger partial charge in [0.05, 0.1) is 13.2 Å². The first-order valence-electron chi connectivity index (χ1n) is 13.2. The Kier molecular flexibility index (Phi) is 5.80. The van der Waals surface area contributed by atoms with Crippen LogP contribution in [-0.2, 0) is 26.2 Å². The fourth-order valence-electron chi connectivity index (χ4n) is 7.41. The molecule has 1 aromatic rings. The molecule has 0 radical (unpaired) electrons. The largest absolute Gasteiger partial charge is 0.444 e. The van der Waals surface area contributed by atoms with Crippen LogP contribution in [0.15, 0.2) is 24.3 Å². The molecule has 6 rings (SSSR count). The number of hydrogen-bond acceptors (Lipinski definition) is 5. The smallest absolute Gasteiger partial charge is 0.410 e. The van der Waals surface area contributed by atoms with Gasteiger partial charge in [0, 0.05) is 50.0 Å². The van der Waals surface area contributed by atoms with Gasteiger partial charge < -0.3 is 24.2 Å². The summed E-state index contributed by atoms with van der Waals surface area (Å²) in [6, 6.07) is 9.89. The molecule has 34 heavy (non-hydrogen) atoms. The van der Waals surface area contributed by atoms with E-state index < -0.39 is 0 Å². The summed E-state index contributed by atoms with van der Waals surface area (Å²) < 4.78 is 11.1. The Morgan fingerprint density at radius 1 is 1.03 bits per heavy atom. The van der Waals surface area contributed by atoms with Gasteiger partial charge in [0.1, 0.15) is 6.10 Å². The molecule has 2 bridgehead atoms. The Morgan fingerprint density at radius 3 is 2.44 bits per heavy atom. The quantitative estimate of drug-likeness (QED) is 0.668. The van der Waals surface area contributed by atoms with Crippen LogP contribution in [0.25, 0.3) is 0 Å². The van der Waals surface area contributed by atoms with Crippen LogP contribution in [0, 0.1) is 0 Å². The molecule has 1 spiro atoms. The molecule has 0 saturated carbocycles. The number of amides is 2. The highest BCUT2D eigenvalue weighted by Gasteiger charge is 2.48. The van der Waals surface area contributed by atoms with Crippen molar-refractivity contribution < 1.29 is 19.1 Å². The van der Waals surface area contributed by atoms with Crippen molar-refractivity contribution in [2.24, 2.45) is 0 Å². The van der Waals surface area contributed by atoms with Gasteiger partial charge in [-0.05, 0) is 62.7 Å². The number of carbonyl (C=O) groups is 2. The highest BCUT2D eigenvalue weighted by molar-refractivity contribution is 5.74. The fourth-order valence-corrected chi connectivity index (χ4v) is 7.41. The maximum atomic E-state index is 12.9. The summed E-state index contributed by atoms with van der Waals surface area (Å²) in [6.07, 6.45) is 7.09. The molecule has 0 N–H and O–H groups in total. The maximum absolute atomic E-state index is 12.9. The van der Waals surface area contributed by atoms with Crippen molar-refractivity contribution in [3.05, 3.63) is 35.4 Å². The number of benzene rings is 1. The number of ether oxygens (including phenoxy) is 2. The van der Waals surface area contributed by atoms with Crippen molar-refractivity contribution in [2.75, 3.05) is 32.8 Å². The Hall–Kier alpha value is -2.12. The topological polar surface area (TPSA) is 62.3 Å². The molecule has 0 aromatic heterocycles. The average Bonchev–Trinajstić information content (AvgIpc) is 3.44. The lowest BCUT2D eigenvalue weighted by molar-refractivity contribution is -0.131. The van der Waals surface area contributed by atoms with E-state index in [0.717, 1.165) is 71.1 Å². The monoisotopic (exact) mass is 467 g/mol. The number of rotatable bonds is 2. The SMILES string of the molecule is CC(=O)N1Cc2ccccc2C2(CCN(C3CC4CCC(C3)N4C(=O)O[C@H]3CCOC3)CC2)C1. The molecule has 4 fully saturated rings. The summed E-state index contributed by atoms with van der Waals surface area (Å²) in [5.41, 5.74) is 2.85. The van der Waals surface area contributed by atoms with Gasteiger partial charge in [-0.1, -0.05) is 24.3 Å². The second-order valence-corrected chi connectivity index (χ2v) is 11.1. The van der Waals surface area contributed by atoms with Crippen LogP contribution in [0.2, 0.25) is 0 Å². The lowest BCUT2D eigenvalue weighted by Crippen LogP contribution is -2.57. The van der Waals surface area contributed by atoms with Gasteiger partial charge in [-0.15, -0.1) is 0 Å². The zero-order valence-electron chi connectivity index (χ0n) is 20.3. The molecule has 5 aliphatic rings. The standard InChI is InChI=1S/C27H37N3O4/c1-19(31)29-16-20-4-2-3-5-25(20)27(18-29)9-11-28(12-10-27)23-14-21-6-7-22(15-23)30(21)26(32)34-24-8-13-33-17-24/h2-5,21-24H,6-18H2,1H3/t21?,22?,23?,24-/m0/s1. The van der Waals surface area contributed by atoms with Gasteiger partial charge >= 0.3 is 6.09 Å². The van der Waals surface area contributed by atoms with E-state index in [9.17, 15) is 9.59 Å². The van der Waals surface area contributed by atoms with E-state index in [1.165, 1.54) is 11.1 Å². The lowest BCUT2D eigenvalue weighted by atomic mass is 9.68. The van der Waals surface area contributed by atoms with E-state index in [1.54, 1.807) is 6.92 Å². The van der Waals surface area contributed by atoms with E-state index in [-0.39, 0.29) is 23.5 Å². The van der Waals surface area contributed by atoms with E-state index in [1.807, 2.05) is 4.90 Å². The lowest BCUT2D eigenvalue weighted by Gasteiger charge is -2.51. The third kappa shape index (κ3) is 3.91. The van der Waals surface area contributed by atoms with E-state index >= 15 is 0 Å². The zero-order valence-corrected chi connectivity index (χ0v) is 20.3. The maximum Gasteiger partial charge on any atom is 0.410 e. The fraction of sp³-hybridized carbons (Fsp3) is 0.704. The van der Waals surface area contributed by atoms with Crippen LogP contribution in [0.3, 0.4) is 0 Å². The summed E-state index contributed by atoms with van der Waals surface area (Å²) >= 11 is 0. The van der Waals surface area contributed by atoms with E-state index in [4.69, 9.17) is 9.47 Å². The number of hydrogen-bond donors (Lipinski definition) is 0. The molecule has 7 nitrogen and oxygen atoms in total. The van der Waals surface area contributed by atoms with E-state index in [2.05, 4.69) is 34.1 Å². The first-order valence-corrected chi connectivity index (χ1v) is 13.2. The molecule has 5 aliphatic heterocycles. The van der Waals surface area contributed by atoms with Crippen LogP contribution < -0.4 is 0 Å². The van der Waals surface area contributed by atoms with E-state index in [0.29, 0.717) is 31.3 Å². The molecule has 3 atom stereocenters. The Bertz CT molecular complexity index is 924. The summed E-state index contributed by atoms with van der Waals surface area (Å²) in [5, 5.41) is 0. The zero-order chi connectivity index (χ0) is 23.3.